The van der Waals surface area contributed by atoms with E-state index < -0.39 is 0 Å². The summed E-state index contributed by atoms with van der Waals surface area (Å²) in [4.78, 5) is 0. The van der Waals surface area contributed by atoms with Crippen molar-refractivity contribution in [3.8, 4) is 0 Å². The monoisotopic (exact) mass is 429 g/mol. The lowest BCUT2D eigenvalue weighted by Gasteiger charge is -2.18. The zero-order valence-corrected chi connectivity index (χ0v) is 20.2. The Bertz CT molecular complexity index is 572. The molecule has 0 aliphatic carbocycles. The number of hydrogen-bond donors (Lipinski definition) is 2. The highest BCUT2D eigenvalue weighted by Crippen LogP contribution is 2.17. The maximum Gasteiger partial charge on any atom is 0.232 e. The van der Waals surface area contributed by atoms with Crippen LogP contribution in [0.4, 0.5) is 0 Å². The molecule has 2 N–H and O–H groups in total. The number of benzene rings is 1. The molecular weight excluding hydrogens is 380 g/mol. The Kier molecular flexibility index (Phi) is 14.4. The second-order valence-corrected chi connectivity index (χ2v) is 9.57. The van der Waals surface area contributed by atoms with Crippen LogP contribution < -0.4 is 5.32 Å². The first-order chi connectivity index (χ1) is 15.3. The number of aliphatic hydroxyl groups excluding tert-OH is 1. The van der Waals surface area contributed by atoms with Gasteiger partial charge in [-0.3, -0.25) is 9.89 Å². The topological polar surface area (TPSA) is 35.3 Å². The van der Waals surface area contributed by atoms with Gasteiger partial charge in [0.2, 0.25) is 6.34 Å². The molecule has 1 aromatic rings. The SMILES string of the molecule is CCCCCCCCCCCCCC(O)CCCC(Cc1ccccc1)[N+]1=CNCC1. The number of nitrogens with one attached hydrogen (secondary N) is 1. The van der Waals surface area contributed by atoms with Gasteiger partial charge in [0.1, 0.15) is 13.1 Å². The van der Waals surface area contributed by atoms with Crippen LogP contribution in [0.1, 0.15) is 109 Å². The normalized spacial score (nSPS) is 15.5. The van der Waals surface area contributed by atoms with Crippen LogP contribution in [0.15, 0.2) is 30.3 Å². The van der Waals surface area contributed by atoms with E-state index in [4.69, 9.17) is 0 Å². The first kappa shape index (κ1) is 25.9. The molecule has 2 rings (SSSR count). The van der Waals surface area contributed by atoms with E-state index in [0.717, 1.165) is 45.2 Å². The standard InChI is InChI=1S/C28H48N2O/c1-2-3-4-5-6-7-8-9-10-11-15-20-28(31)21-16-19-27(30-23-22-29-25-30)24-26-17-13-12-14-18-26/h12-14,17-18,25,27-28,31H,2-11,15-16,19-24H2,1H3/p+1. The Morgan fingerprint density at radius 3 is 2.03 bits per heavy atom. The van der Waals surface area contributed by atoms with Gasteiger partial charge in [0, 0.05) is 6.42 Å². The second-order valence-electron chi connectivity index (χ2n) is 9.57. The van der Waals surface area contributed by atoms with Crippen LogP contribution in [-0.4, -0.2) is 41.3 Å². The van der Waals surface area contributed by atoms with Gasteiger partial charge in [-0.25, -0.2) is 0 Å². The fourth-order valence-corrected chi connectivity index (χ4v) is 4.78. The minimum Gasteiger partial charge on any atom is -0.393 e. The highest BCUT2D eigenvalue weighted by molar-refractivity contribution is 5.49. The van der Waals surface area contributed by atoms with Crippen molar-refractivity contribution in [1.29, 1.82) is 0 Å². The molecule has 0 saturated heterocycles. The Morgan fingerprint density at radius 1 is 0.806 bits per heavy atom. The third-order valence-corrected chi connectivity index (χ3v) is 6.77. The molecule has 0 amide bonds. The van der Waals surface area contributed by atoms with Crippen LogP contribution in [0.5, 0.6) is 0 Å². The number of aliphatic hydroxyl groups is 1. The molecule has 31 heavy (non-hydrogen) atoms. The minimum absolute atomic E-state index is 0.114. The zero-order valence-electron chi connectivity index (χ0n) is 20.2. The van der Waals surface area contributed by atoms with E-state index in [1.54, 1.807) is 0 Å². The number of hydrogen-bond acceptors (Lipinski definition) is 2. The molecule has 1 aliphatic heterocycles. The molecule has 0 aromatic heterocycles. The molecule has 3 nitrogen and oxygen atoms in total. The molecule has 3 heteroatoms. The Morgan fingerprint density at radius 2 is 1.42 bits per heavy atom. The van der Waals surface area contributed by atoms with Gasteiger partial charge in [0.15, 0.2) is 0 Å². The molecule has 1 aromatic carbocycles. The maximum absolute atomic E-state index is 10.4. The lowest BCUT2D eigenvalue weighted by atomic mass is 9.98. The van der Waals surface area contributed by atoms with Gasteiger partial charge in [-0.05, 0) is 31.2 Å². The summed E-state index contributed by atoms with van der Waals surface area (Å²) in [5.41, 5.74) is 1.41. The molecule has 1 heterocycles. The molecular formula is C28H49N2O+. The molecule has 0 spiro atoms. The van der Waals surface area contributed by atoms with Crippen molar-refractivity contribution in [3.63, 3.8) is 0 Å². The van der Waals surface area contributed by atoms with Crippen LogP contribution in [0.2, 0.25) is 0 Å². The van der Waals surface area contributed by atoms with Crippen molar-refractivity contribution in [3.05, 3.63) is 35.9 Å². The van der Waals surface area contributed by atoms with Crippen molar-refractivity contribution in [2.75, 3.05) is 13.1 Å². The van der Waals surface area contributed by atoms with Gasteiger partial charge in [-0.2, -0.15) is 0 Å². The van der Waals surface area contributed by atoms with Gasteiger partial charge in [0.25, 0.3) is 0 Å². The molecule has 0 radical (unpaired) electrons. The largest absolute Gasteiger partial charge is 0.393 e. The summed E-state index contributed by atoms with van der Waals surface area (Å²) in [5, 5.41) is 13.8. The highest BCUT2D eigenvalue weighted by Gasteiger charge is 2.21. The van der Waals surface area contributed by atoms with E-state index in [9.17, 15) is 5.11 Å². The fraction of sp³-hybridized carbons (Fsp3) is 0.750. The average molecular weight is 430 g/mol. The predicted molar refractivity (Wildman–Crippen MR) is 134 cm³/mol. The number of unbranched alkanes of at least 4 members (excludes halogenated alkanes) is 10. The lowest BCUT2D eigenvalue weighted by Crippen LogP contribution is -2.28. The van der Waals surface area contributed by atoms with E-state index in [1.165, 1.54) is 76.2 Å². The molecule has 1 aliphatic rings. The summed E-state index contributed by atoms with van der Waals surface area (Å²) >= 11 is 0. The number of rotatable bonds is 19. The van der Waals surface area contributed by atoms with Crippen molar-refractivity contribution in [2.45, 2.75) is 122 Å². The van der Waals surface area contributed by atoms with Crippen LogP contribution in [-0.2, 0) is 6.42 Å². The third-order valence-electron chi connectivity index (χ3n) is 6.77. The summed E-state index contributed by atoms with van der Waals surface area (Å²) in [7, 11) is 0. The van der Waals surface area contributed by atoms with Crippen molar-refractivity contribution < 1.29 is 9.68 Å². The maximum atomic E-state index is 10.4. The quantitative estimate of drug-likeness (QED) is 0.195. The van der Waals surface area contributed by atoms with Crippen molar-refractivity contribution in [2.24, 2.45) is 0 Å². The Labute approximate surface area is 192 Å². The fourth-order valence-electron chi connectivity index (χ4n) is 4.78. The smallest absolute Gasteiger partial charge is 0.232 e. The molecule has 176 valence electrons. The van der Waals surface area contributed by atoms with Crippen LogP contribution in [0.25, 0.3) is 0 Å². The van der Waals surface area contributed by atoms with Gasteiger partial charge < -0.3 is 5.11 Å². The van der Waals surface area contributed by atoms with Gasteiger partial charge in [-0.15, -0.1) is 0 Å². The van der Waals surface area contributed by atoms with Crippen molar-refractivity contribution >= 4 is 6.34 Å². The lowest BCUT2D eigenvalue weighted by molar-refractivity contribution is -0.554. The predicted octanol–water partition coefficient (Wildman–Crippen LogP) is 6.47. The van der Waals surface area contributed by atoms with E-state index >= 15 is 0 Å². The third kappa shape index (κ3) is 12.3. The summed E-state index contributed by atoms with van der Waals surface area (Å²) in [6, 6.07) is 11.4. The minimum atomic E-state index is -0.114. The average Bonchev–Trinajstić information content (AvgIpc) is 3.32. The zero-order chi connectivity index (χ0) is 22.0. The molecule has 0 bridgehead atoms. The van der Waals surface area contributed by atoms with Crippen LogP contribution in [0.3, 0.4) is 0 Å². The van der Waals surface area contributed by atoms with Gasteiger partial charge in [-0.1, -0.05) is 108 Å². The van der Waals surface area contributed by atoms with Crippen molar-refractivity contribution in [1.82, 2.24) is 5.32 Å². The van der Waals surface area contributed by atoms with Gasteiger partial charge >= 0.3 is 0 Å². The Balaban J connectivity index is 1.50. The molecule has 0 fully saturated rings. The van der Waals surface area contributed by atoms with E-state index in [0.29, 0.717) is 6.04 Å². The number of nitrogens with zero attached hydrogens (tertiary/aromatic N) is 1. The van der Waals surface area contributed by atoms with E-state index in [1.807, 2.05) is 0 Å². The highest BCUT2D eigenvalue weighted by atomic mass is 16.3. The first-order valence-corrected chi connectivity index (χ1v) is 13.3. The van der Waals surface area contributed by atoms with E-state index in [-0.39, 0.29) is 6.10 Å². The summed E-state index contributed by atoms with van der Waals surface area (Å²) in [5.74, 6) is 0. The molecule has 0 saturated carbocycles. The summed E-state index contributed by atoms with van der Waals surface area (Å²) < 4.78 is 2.46. The molecule has 2 unspecified atom stereocenters. The van der Waals surface area contributed by atoms with E-state index in [2.05, 4.69) is 53.5 Å². The van der Waals surface area contributed by atoms with Crippen LogP contribution >= 0.6 is 0 Å². The second kappa shape index (κ2) is 17.2. The summed E-state index contributed by atoms with van der Waals surface area (Å²) in [6.45, 7) is 4.43. The summed E-state index contributed by atoms with van der Waals surface area (Å²) in [6.07, 6.45) is 22.4. The molecule has 2 atom stereocenters. The Hall–Kier alpha value is -1.35. The van der Waals surface area contributed by atoms with Crippen LogP contribution in [0, 0.1) is 0 Å². The first-order valence-electron chi connectivity index (χ1n) is 13.3. The van der Waals surface area contributed by atoms with Gasteiger partial charge in [0.05, 0.1) is 12.1 Å².